The van der Waals surface area contributed by atoms with Crippen molar-refractivity contribution in [3.8, 4) is 5.75 Å². The number of amides is 1. The largest absolute Gasteiger partial charge is 0.495 e. The van der Waals surface area contributed by atoms with Crippen molar-refractivity contribution in [2.45, 2.75) is 37.6 Å². The molecular weight excluding hydrogens is 352 g/mol. The minimum absolute atomic E-state index is 0.0278. The van der Waals surface area contributed by atoms with Crippen molar-refractivity contribution in [2.24, 2.45) is 0 Å². The predicted octanol–water partition coefficient (Wildman–Crippen LogP) is 3.01. The van der Waals surface area contributed by atoms with Gasteiger partial charge in [0.15, 0.2) is 0 Å². The van der Waals surface area contributed by atoms with Gasteiger partial charge in [-0.05, 0) is 68.1 Å². The van der Waals surface area contributed by atoms with E-state index in [4.69, 9.17) is 4.74 Å². The lowest BCUT2D eigenvalue weighted by atomic mass is 10.1. The van der Waals surface area contributed by atoms with E-state index in [2.05, 4.69) is 10.0 Å². The van der Waals surface area contributed by atoms with Gasteiger partial charge in [-0.3, -0.25) is 4.79 Å². The quantitative estimate of drug-likeness (QED) is 0.814. The van der Waals surface area contributed by atoms with Gasteiger partial charge in [-0.25, -0.2) is 13.1 Å². The molecule has 1 fully saturated rings. The van der Waals surface area contributed by atoms with E-state index in [-0.39, 0.29) is 28.2 Å². The Hall–Kier alpha value is -2.38. The molecule has 0 unspecified atom stereocenters. The summed E-state index contributed by atoms with van der Waals surface area (Å²) >= 11 is 0. The standard InChI is InChI=1S/C19H22N2O4S/c1-12-8-13(2)10-16(9-12)20-19(22)14-4-7-17(25-3)18(11-14)26(23,24)21-15-5-6-15/h4,7-11,15,21H,5-6H2,1-3H3,(H,20,22). The van der Waals surface area contributed by atoms with Crippen LogP contribution in [-0.4, -0.2) is 27.5 Å². The lowest BCUT2D eigenvalue weighted by molar-refractivity contribution is 0.102. The second-order valence-electron chi connectivity index (χ2n) is 6.59. The van der Waals surface area contributed by atoms with Gasteiger partial charge < -0.3 is 10.1 Å². The van der Waals surface area contributed by atoms with Gasteiger partial charge in [0.2, 0.25) is 10.0 Å². The molecule has 0 aromatic heterocycles. The van der Waals surface area contributed by atoms with E-state index in [0.29, 0.717) is 5.69 Å². The van der Waals surface area contributed by atoms with Gasteiger partial charge in [-0.2, -0.15) is 0 Å². The first kappa shape index (κ1) is 18.4. The Morgan fingerprint density at radius 3 is 2.31 bits per heavy atom. The Balaban J connectivity index is 1.90. The third kappa shape index (κ3) is 4.23. The summed E-state index contributed by atoms with van der Waals surface area (Å²) in [6.07, 6.45) is 1.66. The molecule has 0 heterocycles. The van der Waals surface area contributed by atoms with Crippen LogP contribution in [0.5, 0.6) is 5.75 Å². The number of hydrogen-bond donors (Lipinski definition) is 2. The molecule has 2 N–H and O–H groups in total. The highest BCUT2D eigenvalue weighted by molar-refractivity contribution is 7.89. The second kappa shape index (κ2) is 7.09. The van der Waals surface area contributed by atoms with Crippen LogP contribution in [-0.2, 0) is 10.0 Å². The molecule has 0 spiro atoms. The summed E-state index contributed by atoms with van der Waals surface area (Å²) in [4.78, 5) is 12.6. The lowest BCUT2D eigenvalue weighted by Crippen LogP contribution is -2.26. The zero-order chi connectivity index (χ0) is 18.9. The van der Waals surface area contributed by atoms with Crippen LogP contribution in [0.2, 0.25) is 0 Å². The fourth-order valence-corrected chi connectivity index (χ4v) is 4.26. The average molecular weight is 374 g/mol. The maximum Gasteiger partial charge on any atom is 0.255 e. The van der Waals surface area contributed by atoms with E-state index >= 15 is 0 Å². The summed E-state index contributed by atoms with van der Waals surface area (Å²) in [6.45, 7) is 3.90. The van der Waals surface area contributed by atoms with E-state index in [0.717, 1.165) is 24.0 Å². The van der Waals surface area contributed by atoms with Crippen LogP contribution in [0, 0.1) is 13.8 Å². The summed E-state index contributed by atoms with van der Waals surface area (Å²) in [5.74, 6) is -0.165. The topological polar surface area (TPSA) is 84.5 Å². The molecule has 0 bridgehead atoms. The zero-order valence-electron chi connectivity index (χ0n) is 15.0. The Morgan fingerprint density at radius 1 is 1.08 bits per heavy atom. The monoisotopic (exact) mass is 374 g/mol. The van der Waals surface area contributed by atoms with Gasteiger partial charge in [0.25, 0.3) is 5.91 Å². The van der Waals surface area contributed by atoms with Crippen molar-refractivity contribution in [1.29, 1.82) is 0 Å². The van der Waals surface area contributed by atoms with Crippen molar-refractivity contribution in [3.05, 3.63) is 53.1 Å². The fourth-order valence-electron chi connectivity index (χ4n) is 2.76. The number of rotatable bonds is 6. The first-order valence-electron chi connectivity index (χ1n) is 8.38. The second-order valence-corrected chi connectivity index (χ2v) is 8.27. The number of carbonyl (C=O) groups is 1. The molecular formula is C19H22N2O4S. The SMILES string of the molecule is COc1ccc(C(=O)Nc2cc(C)cc(C)c2)cc1S(=O)(=O)NC1CC1. The van der Waals surface area contributed by atoms with Crippen molar-refractivity contribution in [3.63, 3.8) is 0 Å². The maximum absolute atomic E-state index is 12.6. The predicted molar refractivity (Wildman–Crippen MR) is 100 cm³/mol. The number of benzene rings is 2. The first-order valence-corrected chi connectivity index (χ1v) is 9.87. The smallest absolute Gasteiger partial charge is 0.255 e. The third-order valence-electron chi connectivity index (χ3n) is 4.09. The molecule has 0 radical (unpaired) electrons. The minimum Gasteiger partial charge on any atom is -0.495 e. The highest BCUT2D eigenvalue weighted by Gasteiger charge is 2.30. The molecule has 0 atom stereocenters. The third-order valence-corrected chi connectivity index (χ3v) is 5.64. The Labute approximate surface area is 153 Å². The normalized spacial score (nSPS) is 14.1. The van der Waals surface area contributed by atoms with E-state index in [1.807, 2.05) is 32.0 Å². The molecule has 7 heteroatoms. The highest BCUT2D eigenvalue weighted by atomic mass is 32.2. The van der Waals surface area contributed by atoms with Crippen molar-refractivity contribution in [2.75, 3.05) is 12.4 Å². The van der Waals surface area contributed by atoms with E-state index in [9.17, 15) is 13.2 Å². The van der Waals surface area contributed by atoms with Crippen LogP contribution < -0.4 is 14.8 Å². The number of aryl methyl sites for hydroxylation is 2. The molecule has 1 saturated carbocycles. The fraction of sp³-hybridized carbons (Fsp3) is 0.316. The van der Waals surface area contributed by atoms with Gasteiger partial charge in [0.05, 0.1) is 7.11 Å². The molecule has 2 aromatic carbocycles. The van der Waals surface area contributed by atoms with Crippen LogP contribution in [0.25, 0.3) is 0 Å². The van der Waals surface area contributed by atoms with Crippen LogP contribution in [0.1, 0.15) is 34.3 Å². The molecule has 26 heavy (non-hydrogen) atoms. The summed E-state index contributed by atoms with van der Waals surface area (Å²) in [5, 5.41) is 2.81. The molecule has 138 valence electrons. The average Bonchev–Trinajstić information content (AvgIpc) is 3.36. The van der Waals surface area contributed by atoms with Crippen molar-refractivity contribution < 1.29 is 17.9 Å². The highest BCUT2D eigenvalue weighted by Crippen LogP contribution is 2.28. The van der Waals surface area contributed by atoms with Crippen LogP contribution in [0.3, 0.4) is 0 Å². The van der Waals surface area contributed by atoms with Crippen LogP contribution >= 0.6 is 0 Å². The molecule has 2 aromatic rings. The Morgan fingerprint density at radius 2 is 1.73 bits per heavy atom. The maximum atomic E-state index is 12.6. The Bertz CT molecular complexity index is 930. The zero-order valence-corrected chi connectivity index (χ0v) is 15.8. The first-order chi connectivity index (χ1) is 12.3. The summed E-state index contributed by atoms with van der Waals surface area (Å²) < 4.78 is 32.9. The number of sulfonamides is 1. The number of carbonyl (C=O) groups excluding carboxylic acids is 1. The number of anilines is 1. The number of methoxy groups -OCH3 is 1. The van der Waals surface area contributed by atoms with Gasteiger partial charge in [0, 0.05) is 17.3 Å². The molecule has 0 saturated heterocycles. The van der Waals surface area contributed by atoms with Crippen molar-refractivity contribution >= 4 is 21.6 Å². The summed E-state index contributed by atoms with van der Waals surface area (Å²) in [6, 6.07) is 10.1. The van der Waals surface area contributed by atoms with E-state index in [1.54, 1.807) is 6.07 Å². The Kier molecular flexibility index (Phi) is 5.02. The molecule has 1 aliphatic carbocycles. The van der Waals surface area contributed by atoms with Crippen molar-refractivity contribution in [1.82, 2.24) is 4.72 Å². The molecule has 1 aliphatic rings. The van der Waals surface area contributed by atoms with Crippen LogP contribution in [0.4, 0.5) is 5.69 Å². The van der Waals surface area contributed by atoms with Gasteiger partial charge >= 0.3 is 0 Å². The van der Waals surface area contributed by atoms with Gasteiger partial charge in [-0.15, -0.1) is 0 Å². The molecule has 1 amide bonds. The van der Waals surface area contributed by atoms with Gasteiger partial charge in [0.1, 0.15) is 10.6 Å². The number of nitrogens with one attached hydrogen (secondary N) is 2. The van der Waals surface area contributed by atoms with E-state index in [1.165, 1.54) is 19.2 Å². The summed E-state index contributed by atoms with van der Waals surface area (Å²) in [7, 11) is -2.33. The lowest BCUT2D eigenvalue weighted by Gasteiger charge is -2.13. The molecule has 0 aliphatic heterocycles. The minimum atomic E-state index is -3.74. The molecule has 3 rings (SSSR count). The summed E-state index contributed by atoms with van der Waals surface area (Å²) in [5.41, 5.74) is 2.99. The van der Waals surface area contributed by atoms with Crippen LogP contribution in [0.15, 0.2) is 41.3 Å². The number of ether oxygens (including phenoxy) is 1. The number of hydrogen-bond acceptors (Lipinski definition) is 4. The molecule has 6 nitrogen and oxygen atoms in total. The van der Waals surface area contributed by atoms with E-state index < -0.39 is 10.0 Å². The van der Waals surface area contributed by atoms with Gasteiger partial charge in [-0.1, -0.05) is 6.07 Å².